The zero-order valence-corrected chi connectivity index (χ0v) is 10.5. The maximum absolute atomic E-state index is 4.73. The highest BCUT2D eigenvalue weighted by Gasteiger charge is 2.26. The Hall–Kier alpha value is -1.51. The van der Waals surface area contributed by atoms with Crippen LogP contribution in [0.5, 0.6) is 0 Å². The van der Waals surface area contributed by atoms with Gasteiger partial charge in [0.15, 0.2) is 0 Å². The Labute approximate surface area is 102 Å². The summed E-state index contributed by atoms with van der Waals surface area (Å²) in [6.07, 6.45) is 3.52. The minimum Gasteiger partial charge on any atom is -0.367 e. The summed E-state index contributed by atoms with van der Waals surface area (Å²) in [6, 6.07) is 9.53. The second-order valence-electron chi connectivity index (χ2n) is 4.86. The summed E-state index contributed by atoms with van der Waals surface area (Å²) >= 11 is 0. The van der Waals surface area contributed by atoms with E-state index in [2.05, 4.69) is 48.1 Å². The quantitative estimate of drug-likeness (QED) is 0.853. The predicted octanol–water partition coefficient (Wildman–Crippen LogP) is 3.58. The Morgan fingerprint density at radius 1 is 1.29 bits per heavy atom. The average Bonchev–Trinajstić information content (AvgIpc) is 2.76. The number of rotatable bonds is 2. The van der Waals surface area contributed by atoms with Gasteiger partial charge in [-0.1, -0.05) is 26.0 Å². The molecule has 3 nitrogen and oxygen atoms in total. The minimum absolute atomic E-state index is 0.545. The Morgan fingerprint density at radius 2 is 2.12 bits per heavy atom. The topological polar surface area (TPSA) is 29.9 Å². The van der Waals surface area contributed by atoms with Crippen molar-refractivity contribution in [3.63, 3.8) is 0 Å². The monoisotopic (exact) mass is 229 g/mol. The van der Waals surface area contributed by atoms with Gasteiger partial charge in [0.05, 0.1) is 11.6 Å². The zero-order valence-electron chi connectivity index (χ0n) is 10.5. The molecule has 0 amide bonds. The van der Waals surface area contributed by atoms with Crippen molar-refractivity contribution >= 4 is 16.7 Å². The Bertz CT molecular complexity index is 529. The fourth-order valence-electron chi connectivity index (χ4n) is 2.75. The van der Waals surface area contributed by atoms with E-state index in [0.29, 0.717) is 12.1 Å². The van der Waals surface area contributed by atoms with Crippen molar-refractivity contribution < 1.29 is 0 Å². The molecular formula is C14H19N3. The van der Waals surface area contributed by atoms with Crippen LogP contribution in [0, 0.1) is 0 Å². The summed E-state index contributed by atoms with van der Waals surface area (Å²) in [5, 5.41) is 9.62. The van der Waals surface area contributed by atoms with Gasteiger partial charge < -0.3 is 5.32 Å². The average molecular weight is 229 g/mol. The molecule has 90 valence electrons. The molecule has 3 rings (SSSR count). The van der Waals surface area contributed by atoms with Gasteiger partial charge in [0.1, 0.15) is 5.82 Å². The first-order valence-electron chi connectivity index (χ1n) is 6.57. The van der Waals surface area contributed by atoms with Crippen LogP contribution in [-0.4, -0.2) is 15.8 Å². The predicted molar refractivity (Wildman–Crippen MR) is 71.4 cm³/mol. The molecule has 2 heterocycles. The molecule has 0 aliphatic carbocycles. The van der Waals surface area contributed by atoms with Gasteiger partial charge in [-0.25, -0.2) is 4.68 Å². The Balaban J connectivity index is 2.15. The van der Waals surface area contributed by atoms with E-state index in [-0.39, 0.29) is 0 Å². The zero-order chi connectivity index (χ0) is 11.8. The number of aromatic nitrogens is 2. The van der Waals surface area contributed by atoms with Crippen molar-refractivity contribution in [3.8, 4) is 0 Å². The highest BCUT2D eigenvalue weighted by atomic mass is 15.4. The van der Waals surface area contributed by atoms with E-state index in [1.54, 1.807) is 0 Å². The van der Waals surface area contributed by atoms with Crippen molar-refractivity contribution in [2.24, 2.45) is 0 Å². The molecule has 0 radical (unpaired) electrons. The summed E-state index contributed by atoms with van der Waals surface area (Å²) in [5.41, 5.74) is 1.10. The molecule has 1 aliphatic heterocycles. The van der Waals surface area contributed by atoms with E-state index in [1.165, 1.54) is 24.0 Å². The van der Waals surface area contributed by atoms with Crippen molar-refractivity contribution in [1.82, 2.24) is 9.78 Å². The number of nitrogens with zero attached hydrogens (tertiary/aromatic N) is 2. The molecule has 1 aromatic heterocycles. The van der Waals surface area contributed by atoms with Gasteiger partial charge in [-0.15, -0.1) is 0 Å². The highest BCUT2D eigenvalue weighted by molar-refractivity contribution is 5.90. The molecule has 0 fully saturated rings. The van der Waals surface area contributed by atoms with Gasteiger partial charge in [0, 0.05) is 11.4 Å². The smallest absolute Gasteiger partial charge is 0.132 e. The first-order chi connectivity index (χ1) is 8.33. The summed E-state index contributed by atoms with van der Waals surface area (Å²) in [5.74, 6) is 1.21. The van der Waals surface area contributed by atoms with Gasteiger partial charge >= 0.3 is 0 Å². The number of hydrogen-bond acceptors (Lipinski definition) is 2. The number of benzene rings is 1. The van der Waals surface area contributed by atoms with Crippen LogP contribution in [0.3, 0.4) is 0 Å². The third kappa shape index (κ3) is 1.61. The standard InChI is InChI=1S/C14H19N3/c1-3-10-9-11(4-2)17-14(15-10)12-7-5-6-8-13(12)16-17/h5-8,10-11,15H,3-4,9H2,1-2H3. The van der Waals surface area contributed by atoms with Gasteiger partial charge in [-0.05, 0) is 31.4 Å². The van der Waals surface area contributed by atoms with Crippen molar-refractivity contribution in [2.75, 3.05) is 5.32 Å². The third-order valence-corrected chi connectivity index (χ3v) is 3.81. The molecular weight excluding hydrogens is 210 g/mol. The molecule has 0 saturated carbocycles. The molecule has 0 spiro atoms. The molecule has 17 heavy (non-hydrogen) atoms. The lowest BCUT2D eigenvalue weighted by Crippen LogP contribution is -2.31. The lowest BCUT2D eigenvalue weighted by atomic mass is 10.0. The summed E-state index contributed by atoms with van der Waals surface area (Å²) in [7, 11) is 0. The van der Waals surface area contributed by atoms with Gasteiger partial charge in [0.25, 0.3) is 0 Å². The maximum atomic E-state index is 4.73. The Kier molecular flexibility index (Phi) is 2.54. The second kappa shape index (κ2) is 4.06. The third-order valence-electron chi connectivity index (χ3n) is 3.81. The minimum atomic E-state index is 0.545. The SMILES string of the molecule is CCC1CC(CC)n2nc3ccccc3c2N1. The molecule has 1 aromatic carbocycles. The lowest BCUT2D eigenvalue weighted by Gasteiger charge is -2.31. The summed E-state index contributed by atoms with van der Waals surface area (Å²) < 4.78 is 2.19. The fourth-order valence-corrected chi connectivity index (χ4v) is 2.75. The number of anilines is 1. The van der Waals surface area contributed by atoms with Crippen LogP contribution in [0.2, 0.25) is 0 Å². The van der Waals surface area contributed by atoms with Crippen LogP contribution in [0.4, 0.5) is 5.82 Å². The van der Waals surface area contributed by atoms with E-state index >= 15 is 0 Å². The number of nitrogens with one attached hydrogen (secondary N) is 1. The van der Waals surface area contributed by atoms with Crippen LogP contribution < -0.4 is 5.32 Å². The molecule has 3 heteroatoms. The second-order valence-corrected chi connectivity index (χ2v) is 4.86. The van der Waals surface area contributed by atoms with E-state index in [9.17, 15) is 0 Å². The lowest BCUT2D eigenvalue weighted by molar-refractivity contribution is 0.365. The highest BCUT2D eigenvalue weighted by Crippen LogP contribution is 2.35. The number of fused-ring (bicyclic) bond motifs is 3. The van der Waals surface area contributed by atoms with E-state index in [0.717, 1.165) is 11.9 Å². The first kappa shape index (κ1) is 10.6. The molecule has 1 aliphatic rings. The largest absolute Gasteiger partial charge is 0.367 e. The van der Waals surface area contributed by atoms with Gasteiger partial charge in [0.2, 0.25) is 0 Å². The normalized spacial score (nSPS) is 23.4. The molecule has 2 unspecified atom stereocenters. The van der Waals surface area contributed by atoms with Crippen LogP contribution in [0.1, 0.15) is 39.2 Å². The molecule has 0 bridgehead atoms. The van der Waals surface area contributed by atoms with Crippen molar-refractivity contribution in [2.45, 2.75) is 45.2 Å². The number of hydrogen-bond donors (Lipinski definition) is 1. The summed E-state index contributed by atoms with van der Waals surface area (Å²) in [4.78, 5) is 0. The summed E-state index contributed by atoms with van der Waals surface area (Å²) in [6.45, 7) is 4.50. The van der Waals surface area contributed by atoms with Crippen molar-refractivity contribution in [1.29, 1.82) is 0 Å². The Morgan fingerprint density at radius 3 is 2.88 bits per heavy atom. The van der Waals surface area contributed by atoms with Crippen LogP contribution in [-0.2, 0) is 0 Å². The molecule has 2 atom stereocenters. The van der Waals surface area contributed by atoms with E-state index < -0.39 is 0 Å². The van der Waals surface area contributed by atoms with Crippen molar-refractivity contribution in [3.05, 3.63) is 24.3 Å². The van der Waals surface area contributed by atoms with Crippen LogP contribution >= 0.6 is 0 Å². The van der Waals surface area contributed by atoms with Crippen LogP contribution in [0.25, 0.3) is 10.9 Å². The van der Waals surface area contributed by atoms with Gasteiger partial charge in [-0.3, -0.25) is 0 Å². The molecule has 0 saturated heterocycles. The molecule has 2 aromatic rings. The fraction of sp³-hybridized carbons (Fsp3) is 0.500. The maximum Gasteiger partial charge on any atom is 0.132 e. The van der Waals surface area contributed by atoms with Gasteiger partial charge in [-0.2, -0.15) is 5.10 Å². The van der Waals surface area contributed by atoms with Crippen LogP contribution in [0.15, 0.2) is 24.3 Å². The first-order valence-corrected chi connectivity index (χ1v) is 6.57. The van der Waals surface area contributed by atoms with E-state index in [1.807, 2.05) is 0 Å². The molecule has 1 N–H and O–H groups in total. The van der Waals surface area contributed by atoms with E-state index in [4.69, 9.17) is 5.10 Å².